The molecule has 6 heteroatoms. The SMILES string of the molecule is C[C@@H]1CC[C@H](C)[Si]1(C)C(=O)OC(F)(F)F. The molecule has 0 radical (unpaired) electrons. The molecule has 0 saturated carbocycles. The fourth-order valence-corrected chi connectivity index (χ4v) is 5.85. The van der Waals surface area contributed by atoms with E-state index in [2.05, 4.69) is 4.74 Å². The Balaban J connectivity index is 2.81. The second-order valence-electron chi connectivity index (χ2n) is 4.50. The quantitative estimate of drug-likeness (QED) is 0.650. The van der Waals surface area contributed by atoms with Gasteiger partial charge in [-0.2, -0.15) is 0 Å². The minimum atomic E-state index is -4.84. The summed E-state index contributed by atoms with van der Waals surface area (Å²) in [6.45, 7) is 5.41. The molecule has 1 heterocycles. The van der Waals surface area contributed by atoms with Gasteiger partial charge in [0.25, 0.3) is 5.59 Å². The van der Waals surface area contributed by atoms with Crippen molar-refractivity contribution in [3.8, 4) is 0 Å². The van der Waals surface area contributed by atoms with E-state index < -0.39 is 20.0 Å². The van der Waals surface area contributed by atoms with Gasteiger partial charge in [0, 0.05) is 0 Å². The van der Waals surface area contributed by atoms with Gasteiger partial charge in [0.15, 0.2) is 8.07 Å². The van der Waals surface area contributed by atoms with Crippen LogP contribution < -0.4 is 0 Å². The molecule has 1 saturated heterocycles. The van der Waals surface area contributed by atoms with Crippen molar-refractivity contribution in [2.45, 2.75) is 50.7 Å². The monoisotopic (exact) mass is 240 g/mol. The molecule has 1 aliphatic heterocycles. The smallest absolute Gasteiger partial charge is 0.378 e. The minimum Gasteiger partial charge on any atom is -0.378 e. The maximum atomic E-state index is 12.0. The predicted molar refractivity (Wildman–Crippen MR) is 52.2 cm³/mol. The van der Waals surface area contributed by atoms with Crippen LogP contribution in [0.4, 0.5) is 18.0 Å². The standard InChI is InChI=1S/C9H15F3O2Si/c1-6-4-5-7(2)15(6,3)8(13)14-9(10,11)12/h6-7H,4-5H2,1-3H3/t6-,7+,15?. The third-order valence-electron chi connectivity index (χ3n) is 3.73. The van der Waals surface area contributed by atoms with Gasteiger partial charge >= 0.3 is 6.36 Å². The number of halogens is 3. The lowest BCUT2D eigenvalue weighted by molar-refractivity contribution is -0.287. The molecule has 15 heavy (non-hydrogen) atoms. The van der Waals surface area contributed by atoms with Crippen molar-refractivity contribution in [3.05, 3.63) is 0 Å². The van der Waals surface area contributed by atoms with Crippen molar-refractivity contribution in [3.63, 3.8) is 0 Å². The minimum absolute atomic E-state index is 0.0716. The van der Waals surface area contributed by atoms with Gasteiger partial charge in [0.2, 0.25) is 0 Å². The Morgan fingerprint density at radius 1 is 1.27 bits per heavy atom. The lowest BCUT2D eigenvalue weighted by atomic mass is 10.2. The molecule has 1 unspecified atom stereocenters. The number of alkyl halides is 3. The van der Waals surface area contributed by atoms with Crippen LogP contribution in [0.5, 0.6) is 0 Å². The van der Waals surface area contributed by atoms with E-state index in [1.165, 1.54) is 0 Å². The number of hydrogen-bond acceptors (Lipinski definition) is 2. The van der Waals surface area contributed by atoms with E-state index in [1.54, 1.807) is 6.55 Å². The van der Waals surface area contributed by atoms with Crippen LogP contribution >= 0.6 is 0 Å². The van der Waals surface area contributed by atoms with Crippen molar-refractivity contribution in [1.29, 1.82) is 0 Å². The van der Waals surface area contributed by atoms with E-state index in [9.17, 15) is 18.0 Å². The van der Waals surface area contributed by atoms with Gasteiger partial charge in [-0.25, -0.2) is 0 Å². The zero-order valence-electron chi connectivity index (χ0n) is 9.02. The molecule has 0 aromatic rings. The summed E-state index contributed by atoms with van der Waals surface area (Å²) in [4.78, 5) is 11.5. The summed E-state index contributed by atoms with van der Waals surface area (Å²) in [6.07, 6.45) is -3.18. The maximum absolute atomic E-state index is 12.0. The topological polar surface area (TPSA) is 26.3 Å². The summed E-state index contributed by atoms with van der Waals surface area (Å²) in [5.74, 6) is 0. The zero-order chi connectivity index (χ0) is 11.9. The number of hydrogen-bond donors (Lipinski definition) is 0. The third kappa shape index (κ3) is 2.35. The summed E-state index contributed by atoms with van der Waals surface area (Å²) in [6, 6.07) is 0. The van der Waals surface area contributed by atoms with Gasteiger partial charge in [-0.05, 0) is 11.1 Å². The number of rotatable bonds is 1. The Bertz CT molecular complexity index is 255. The number of ether oxygens (including phenoxy) is 1. The molecule has 0 aromatic carbocycles. The van der Waals surface area contributed by atoms with Crippen molar-refractivity contribution >= 4 is 13.7 Å². The molecule has 1 aliphatic rings. The second kappa shape index (κ2) is 3.81. The lowest BCUT2D eigenvalue weighted by Crippen LogP contribution is -2.46. The zero-order valence-corrected chi connectivity index (χ0v) is 10.0. The average molecular weight is 240 g/mol. The van der Waals surface area contributed by atoms with Gasteiger partial charge in [-0.15, -0.1) is 13.2 Å². The molecule has 0 aromatic heterocycles. The molecule has 0 aliphatic carbocycles. The average Bonchev–Trinajstić information content (AvgIpc) is 2.31. The van der Waals surface area contributed by atoms with Crippen LogP contribution in [0.2, 0.25) is 17.6 Å². The Kier molecular flexibility index (Phi) is 3.18. The highest BCUT2D eigenvalue weighted by Gasteiger charge is 2.54. The van der Waals surface area contributed by atoms with Crippen LogP contribution in [0.3, 0.4) is 0 Å². The van der Waals surface area contributed by atoms with Gasteiger partial charge < -0.3 is 4.74 Å². The highest BCUT2D eigenvalue weighted by Crippen LogP contribution is 2.47. The van der Waals surface area contributed by atoms with Crippen molar-refractivity contribution in [2.24, 2.45) is 0 Å². The van der Waals surface area contributed by atoms with Crippen LogP contribution in [0.25, 0.3) is 0 Å². The van der Waals surface area contributed by atoms with E-state index >= 15 is 0 Å². The lowest BCUT2D eigenvalue weighted by Gasteiger charge is -2.28. The maximum Gasteiger partial charge on any atom is 0.574 e. The largest absolute Gasteiger partial charge is 0.574 e. The highest BCUT2D eigenvalue weighted by molar-refractivity contribution is 7.06. The Hall–Kier alpha value is -0.523. The Morgan fingerprint density at radius 2 is 1.67 bits per heavy atom. The molecular formula is C9H15F3O2Si. The fraction of sp³-hybridized carbons (Fsp3) is 0.889. The molecule has 0 N–H and O–H groups in total. The van der Waals surface area contributed by atoms with E-state index in [4.69, 9.17) is 0 Å². The fourth-order valence-electron chi connectivity index (χ4n) is 2.20. The van der Waals surface area contributed by atoms with Gasteiger partial charge in [0.1, 0.15) is 0 Å². The van der Waals surface area contributed by atoms with E-state index in [0.717, 1.165) is 12.8 Å². The first-order valence-corrected chi connectivity index (χ1v) is 7.63. The van der Waals surface area contributed by atoms with Gasteiger partial charge in [0.05, 0.1) is 0 Å². The first-order chi connectivity index (χ1) is 6.68. The first kappa shape index (κ1) is 12.5. The van der Waals surface area contributed by atoms with E-state index in [1.807, 2.05) is 13.8 Å². The van der Waals surface area contributed by atoms with Crippen molar-refractivity contribution < 1.29 is 22.7 Å². The van der Waals surface area contributed by atoms with Crippen molar-refractivity contribution in [2.75, 3.05) is 0 Å². The van der Waals surface area contributed by atoms with Crippen LogP contribution in [0.1, 0.15) is 26.7 Å². The summed E-state index contributed by atoms with van der Waals surface area (Å²) in [5, 5.41) is 0. The Morgan fingerprint density at radius 3 is 2.00 bits per heavy atom. The second-order valence-corrected chi connectivity index (χ2v) is 9.44. The third-order valence-corrected chi connectivity index (χ3v) is 9.38. The number of carbonyl (C=O) groups is 1. The van der Waals surface area contributed by atoms with Crippen LogP contribution in [0.15, 0.2) is 0 Å². The summed E-state index contributed by atoms with van der Waals surface area (Å²) < 4.78 is 39.5. The molecule has 3 atom stereocenters. The highest BCUT2D eigenvalue weighted by atomic mass is 28.3. The van der Waals surface area contributed by atoms with Crippen LogP contribution in [-0.2, 0) is 4.74 Å². The van der Waals surface area contributed by atoms with Crippen LogP contribution in [0, 0.1) is 0 Å². The normalized spacial score (nSPS) is 36.7. The summed E-state index contributed by atoms with van der Waals surface area (Å²) in [7, 11) is -2.59. The predicted octanol–water partition coefficient (Wildman–Crippen LogP) is 3.88. The summed E-state index contributed by atoms with van der Waals surface area (Å²) >= 11 is 0. The van der Waals surface area contributed by atoms with Gasteiger partial charge in [-0.3, -0.25) is 4.79 Å². The number of carbonyl (C=O) groups excluding carboxylic acids is 1. The van der Waals surface area contributed by atoms with E-state index in [0.29, 0.717) is 0 Å². The molecule has 88 valence electrons. The Labute approximate surface area is 87.8 Å². The molecular weight excluding hydrogens is 225 g/mol. The molecule has 0 spiro atoms. The molecule has 2 nitrogen and oxygen atoms in total. The van der Waals surface area contributed by atoms with Gasteiger partial charge in [-0.1, -0.05) is 33.2 Å². The molecule has 0 amide bonds. The van der Waals surface area contributed by atoms with E-state index in [-0.39, 0.29) is 11.1 Å². The first-order valence-electron chi connectivity index (χ1n) is 4.98. The summed E-state index contributed by atoms with van der Waals surface area (Å²) in [5.41, 5.74) is -0.864. The molecule has 0 bridgehead atoms. The van der Waals surface area contributed by atoms with Crippen molar-refractivity contribution in [1.82, 2.24) is 0 Å². The van der Waals surface area contributed by atoms with Crippen LogP contribution in [-0.4, -0.2) is 20.0 Å². The molecule has 1 fully saturated rings. The molecule has 1 rings (SSSR count).